The third kappa shape index (κ3) is 4.43. The summed E-state index contributed by atoms with van der Waals surface area (Å²) < 4.78 is 2.05. The van der Waals surface area contributed by atoms with Crippen LogP contribution in [0.3, 0.4) is 0 Å². The number of rotatable bonds is 5. The van der Waals surface area contributed by atoms with E-state index in [0.29, 0.717) is 18.6 Å². The van der Waals surface area contributed by atoms with Crippen molar-refractivity contribution in [3.05, 3.63) is 53.3 Å². The van der Waals surface area contributed by atoms with Gasteiger partial charge >= 0.3 is 0 Å². The summed E-state index contributed by atoms with van der Waals surface area (Å²) in [6.45, 7) is 4.72. The standard InChI is InChI=1S/C20H29N5O/c1-14(2)25-13-16-9-10-17(11-18(16)24-25)23-20(21-3)22-12-19(26)15-7-5-4-6-8-15/h4-8,13-14,17,19,26H,9-12H2,1-3H3,(H2,21,22,23). The number of aliphatic imine (C=N–C) groups is 1. The number of hydrogen-bond donors (Lipinski definition) is 3. The summed E-state index contributed by atoms with van der Waals surface area (Å²) in [6.07, 6.45) is 4.60. The number of aliphatic hydroxyl groups excluding tert-OH is 1. The Hall–Kier alpha value is -2.34. The van der Waals surface area contributed by atoms with Crippen molar-refractivity contribution >= 4 is 5.96 Å². The number of aryl methyl sites for hydroxylation is 1. The molecule has 0 spiro atoms. The molecule has 0 amide bonds. The molecule has 6 heteroatoms. The normalized spacial score (nSPS) is 18.5. The summed E-state index contributed by atoms with van der Waals surface area (Å²) >= 11 is 0. The van der Waals surface area contributed by atoms with Crippen LogP contribution in [0.5, 0.6) is 0 Å². The van der Waals surface area contributed by atoms with Crippen LogP contribution in [0.2, 0.25) is 0 Å². The quantitative estimate of drug-likeness (QED) is 0.568. The summed E-state index contributed by atoms with van der Waals surface area (Å²) in [5.74, 6) is 0.719. The Bertz CT molecular complexity index is 738. The van der Waals surface area contributed by atoms with Gasteiger partial charge in [0.2, 0.25) is 0 Å². The minimum absolute atomic E-state index is 0.304. The number of nitrogens with zero attached hydrogens (tertiary/aromatic N) is 3. The van der Waals surface area contributed by atoms with Gasteiger partial charge in [0, 0.05) is 38.3 Å². The van der Waals surface area contributed by atoms with E-state index in [4.69, 9.17) is 5.10 Å². The lowest BCUT2D eigenvalue weighted by atomic mass is 9.94. The lowest BCUT2D eigenvalue weighted by molar-refractivity contribution is 0.180. The second-order valence-electron chi connectivity index (χ2n) is 7.14. The topological polar surface area (TPSA) is 74.5 Å². The van der Waals surface area contributed by atoms with Gasteiger partial charge in [0.15, 0.2) is 5.96 Å². The fourth-order valence-electron chi connectivity index (χ4n) is 3.27. The maximum atomic E-state index is 10.3. The van der Waals surface area contributed by atoms with E-state index in [1.54, 1.807) is 7.05 Å². The maximum absolute atomic E-state index is 10.3. The van der Waals surface area contributed by atoms with Crippen LogP contribution in [0.1, 0.15) is 49.2 Å². The Morgan fingerprint density at radius 3 is 2.81 bits per heavy atom. The summed E-state index contributed by atoms with van der Waals surface area (Å²) in [6, 6.07) is 10.4. The molecule has 1 aromatic carbocycles. The first-order valence-electron chi connectivity index (χ1n) is 9.34. The molecule has 3 N–H and O–H groups in total. The first-order chi connectivity index (χ1) is 12.6. The van der Waals surface area contributed by atoms with E-state index in [0.717, 1.165) is 30.8 Å². The average molecular weight is 355 g/mol. The van der Waals surface area contributed by atoms with Crippen molar-refractivity contribution in [1.82, 2.24) is 20.4 Å². The van der Waals surface area contributed by atoms with Gasteiger partial charge in [-0.3, -0.25) is 9.67 Å². The van der Waals surface area contributed by atoms with E-state index in [1.165, 1.54) is 11.3 Å². The van der Waals surface area contributed by atoms with E-state index >= 15 is 0 Å². The second-order valence-corrected chi connectivity index (χ2v) is 7.14. The van der Waals surface area contributed by atoms with E-state index in [1.807, 2.05) is 30.3 Å². The minimum Gasteiger partial charge on any atom is -0.387 e. The van der Waals surface area contributed by atoms with Crippen molar-refractivity contribution in [1.29, 1.82) is 0 Å². The molecule has 1 aromatic heterocycles. The molecule has 1 heterocycles. The zero-order valence-corrected chi connectivity index (χ0v) is 15.8. The predicted molar refractivity (Wildman–Crippen MR) is 104 cm³/mol. The molecule has 0 radical (unpaired) electrons. The van der Waals surface area contributed by atoms with Crippen molar-refractivity contribution in [2.24, 2.45) is 4.99 Å². The molecular weight excluding hydrogens is 326 g/mol. The molecule has 6 nitrogen and oxygen atoms in total. The highest BCUT2D eigenvalue weighted by Gasteiger charge is 2.23. The van der Waals surface area contributed by atoms with Crippen LogP contribution in [0.15, 0.2) is 41.5 Å². The summed E-state index contributed by atoms with van der Waals surface area (Å²) in [5.41, 5.74) is 3.44. The highest BCUT2D eigenvalue weighted by Crippen LogP contribution is 2.21. The molecule has 2 aromatic rings. The third-order valence-electron chi connectivity index (χ3n) is 4.84. The van der Waals surface area contributed by atoms with Crippen LogP contribution in [-0.4, -0.2) is 40.5 Å². The SMILES string of the molecule is CN=C(NCC(O)c1ccccc1)NC1CCc2cn(C(C)C)nc2C1. The van der Waals surface area contributed by atoms with Gasteiger partial charge in [-0.25, -0.2) is 0 Å². The average Bonchev–Trinajstić information content (AvgIpc) is 3.09. The summed E-state index contributed by atoms with van der Waals surface area (Å²) in [5, 5.41) is 21.7. The second kappa shape index (κ2) is 8.36. The Kier molecular flexibility index (Phi) is 5.93. The maximum Gasteiger partial charge on any atom is 0.191 e. The molecule has 2 atom stereocenters. The molecule has 1 aliphatic carbocycles. The monoisotopic (exact) mass is 355 g/mol. The Morgan fingerprint density at radius 1 is 1.35 bits per heavy atom. The lowest BCUT2D eigenvalue weighted by Gasteiger charge is -2.25. The van der Waals surface area contributed by atoms with Crippen LogP contribution in [0.4, 0.5) is 0 Å². The van der Waals surface area contributed by atoms with Gasteiger partial charge in [-0.2, -0.15) is 5.10 Å². The van der Waals surface area contributed by atoms with Gasteiger partial charge in [-0.05, 0) is 37.8 Å². The van der Waals surface area contributed by atoms with Gasteiger partial charge in [0.05, 0.1) is 11.8 Å². The Labute approximate surface area is 155 Å². The summed E-state index contributed by atoms with van der Waals surface area (Å²) in [4.78, 5) is 4.29. The molecule has 0 fully saturated rings. The number of guanidine groups is 1. The predicted octanol–water partition coefficient (Wildman–Crippen LogP) is 2.22. The smallest absolute Gasteiger partial charge is 0.191 e. The third-order valence-corrected chi connectivity index (χ3v) is 4.84. The van der Waals surface area contributed by atoms with Gasteiger partial charge < -0.3 is 15.7 Å². The van der Waals surface area contributed by atoms with E-state index in [9.17, 15) is 5.11 Å². The van der Waals surface area contributed by atoms with E-state index < -0.39 is 6.10 Å². The first kappa shape index (κ1) is 18.5. The van der Waals surface area contributed by atoms with Crippen molar-refractivity contribution in [2.75, 3.05) is 13.6 Å². The largest absolute Gasteiger partial charge is 0.387 e. The first-order valence-corrected chi connectivity index (χ1v) is 9.34. The van der Waals surface area contributed by atoms with Crippen LogP contribution in [0, 0.1) is 0 Å². The van der Waals surface area contributed by atoms with Gasteiger partial charge in [0.1, 0.15) is 0 Å². The fourth-order valence-corrected chi connectivity index (χ4v) is 3.27. The van der Waals surface area contributed by atoms with Crippen LogP contribution >= 0.6 is 0 Å². The molecular formula is C20H29N5O. The lowest BCUT2D eigenvalue weighted by Crippen LogP contribution is -2.46. The van der Waals surface area contributed by atoms with Crippen molar-refractivity contribution in [2.45, 2.75) is 51.3 Å². The van der Waals surface area contributed by atoms with Crippen LogP contribution in [-0.2, 0) is 12.8 Å². The van der Waals surface area contributed by atoms with Crippen molar-refractivity contribution in [3.8, 4) is 0 Å². The van der Waals surface area contributed by atoms with Gasteiger partial charge in [-0.1, -0.05) is 30.3 Å². The fraction of sp³-hybridized carbons (Fsp3) is 0.500. The molecule has 140 valence electrons. The highest BCUT2D eigenvalue weighted by atomic mass is 16.3. The Morgan fingerprint density at radius 2 is 2.12 bits per heavy atom. The molecule has 26 heavy (non-hydrogen) atoms. The van der Waals surface area contributed by atoms with E-state index in [2.05, 4.69) is 40.4 Å². The molecule has 2 unspecified atom stereocenters. The molecule has 0 aliphatic heterocycles. The molecule has 3 rings (SSSR count). The van der Waals surface area contributed by atoms with Crippen molar-refractivity contribution < 1.29 is 5.11 Å². The number of fused-ring (bicyclic) bond motifs is 1. The number of aromatic nitrogens is 2. The number of hydrogen-bond acceptors (Lipinski definition) is 3. The Balaban J connectivity index is 1.54. The summed E-state index contributed by atoms with van der Waals surface area (Å²) in [7, 11) is 1.76. The van der Waals surface area contributed by atoms with Gasteiger partial charge in [-0.15, -0.1) is 0 Å². The number of benzene rings is 1. The number of aliphatic hydroxyl groups is 1. The molecule has 0 bridgehead atoms. The molecule has 0 saturated heterocycles. The highest BCUT2D eigenvalue weighted by molar-refractivity contribution is 5.80. The van der Waals surface area contributed by atoms with Crippen molar-refractivity contribution in [3.63, 3.8) is 0 Å². The van der Waals surface area contributed by atoms with Crippen LogP contribution in [0.25, 0.3) is 0 Å². The minimum atomic E-state index is -0.561. The van der Waals surface area contributed by atoms with Crippen LogP contribution < -0.4 is 10.6 Å². The molecule has 1 aliphatic rings. The zero-order chi connectivity index (χ0) is 18.5. The molecule has 0 saturated carbocycles. The van der Waals surface area contributed by atoms with Gasteiger partial charge in [0.25, 0.3) is 0 Å². The van der Waals surface area contributed by atoms with E-state index in [-0.39, 0.29) is 0 Å². The number of nitrogens with one attached hydrogen (secondary N) is 2. The zero-order valence-electron chi connectivity index (χ0n) is 15.8.